The number of aliphatic hydroxyl groups is 1. The van der Waals surface area contributed by atoms with Crippen LogP contribution >= 0.6 is 11.3 Å². The molecular weight excluding hydrogens is 218 g/mol. The van der Waals surface area contributed by atoms with Crippen molar-refractivity contribution in [2.45, 2.75) is 50.7 Å². The molecule has 2 unspecified atom stereocenters. The van der Waals surface area contributed by atoms with Crippen LogP contribution < -0.4 is 5.32 Å². The van der Waals surface area contributed by atoms with Crippen LogP contribution in [0.2, 0.25) is 0 Å². The van der Waals surface area contributed by atoms with Crippen molar-refractivity contribution in [1.82, 2.24) is 5.32 Å². The van der Waals surface area contributed by atoms with Gasteiger partial charge in [-0.25, -0.2) is 0 Å². The molecule has 3 heteroatoms. The van der Waals surface area contributed by atoms with E-state index >= 15 is 0 Å². The molecule has 1 aromatic rings. The Kier molecular flexibility index (Phi) is 4.82. The van der Waals surface area contributed by atoms with Gasteiger partial charge in [-0.2, -0.15) is 0 Å². The molecule has 1 aliphatic carbocycles. The van der Waals surface area contributed by atoms with Crippen LogP contribution in [0.1, 0.15) is 37.0 Å². The third kappa shape index (κ3) is 3.58. The molecule has 1 fully saturated rings. The van der Waals surface area contributed by atoms with Crippen molar-refractivity contribution < 1.29 is 5.11 Å². The maximum atomic E-state index is 9.95. The van der Waals surface area contributed by atoms with Gasteiger partial charge in [-0.15, -0.1) is 11.3 Å². The number of hydrogen-bond acceptors (Lipinski definition) is 3. The zero-order valence-corrected chi connectivity index (χ0v) is 10.5. The summed E-state index contributed by atoms with van der Waals surface area (Å²) < 4.78 is 0. The number of thiophene rings is 1. The van der Waals surface area contributed by atoms with E-state index in [9.17, 15) is 5.11 Å². The quantitative estimate of drug-likeness (QED) is 0.792. The van der Waals surface area contributed by atoms with E-state index in [1.54, 1.807) is 0 Å². The summed E-state index contributed by atoms with van der Waals surface area (Å²) in [6.45, 7) is 0.988. The standard InChI is InChI=1S/C13H21NOS/c15-13-7-3-1-2-6-12(13)14-9-8-11-5-4-10-16-11/h4-5,10,12-15H,1-3,6-9H2. The third-order valence-corrected chi connectivity index (χ3v) is 4.27. The number of hydrogen-bond donors (Lipinski definition) is 2. The predicted molar refractivity (Wildman–Crippen MR) is 68.9 cm³/mol. The molecule has 1 aromatic heterocycles. The Morgan fingerprint density at radius 2 is 2.19 bits per heavy atom. The second-order valence-electron chi connectivity index (χ2n) is 4.60. The van der Waals surface area contributed by atoms with Crippen LogP contribution in [0, 0.1) is 0 Å². The van der Waals surface area contributed by atoms with E-state index in [2.05, 4.69) is 22.8 Å². The first kappa shape index (κ1) is 12.1. The van der Waals surface area contributed by atoms with E-state index in [-0.39, 0.29) is 6.10 Å². The van der Waals surface area contributed by atoms with Crippen LogP contribution in [0.15, 0.2) is 17.5 Å². The molecular formula is C13H21NOS. The summed E-state index contributed by atoms with van der Waals surface area (Å²) >= 11 is 1.81. The van der Waals surface area contributed by atoms with Gasteiger partial charge in [0.1, 0.15) is 0 Å². The molecule has 1 saturated carbocycles. The molecule has 2 rings (SSSR count). The first-order valence-electron chi connectivity index (χ1n) is 6.30. The van der Waals surface area contributed by atoms with Crippen molar-refractivity contribution in [3.63, 3.8) is 0 Å². The van der Waals surface area contributed by atoms with Gasteiger partial charge in [0.25, 0.3) is 0 Å². The van der Waals surface area contributed by atoms with E-state index < -0.39 is 0 Å². The Hall–Kier alpha value is -0.380. The van der Waals surface area contributed by atoms with Crippen LogP contribution in [0.25, 0.3) is 0 Å². The predicted octanol–water partition coefficient (Wildman–Crippen LogP) is 2.57. The lowest BCUT2D eigenvalue weighted by atomic mass is 10.1. The van der Waals surface area contributed by atoms with E-state index in [1.807, 2.05) is 11.3 Å². The monoisotopic (exact) mass is 239 g/mol. The SMILES string of the molecule is OC1CCCCCC1NCCc1cccs1. The second-order valence-corrected chi connectivity index (χ2v) is 5.63. The lowest BCUT2D eigenvalue weighted by Gasteiger charge is -2.21. The van der Waals surface area contributed by atoms with Gasteiger partial charge in [-0.05, 0) is 30.7 Å². The molecule has 2 nitrogen and oxygen atoms in total. The third-order valence-electron chi connectivity index (χ3n) is 3.34. The summed E-state index contributed by atoms with van der Waals surface area (Å²) in [5, 5.41) is 15.6. The molecule has 90 valence electrons. The molecule has 0 bridgehead atoms. The van der Waals surface area contributed by atoms with Crippen molar-refractivity contribution in [3.05, 3.63) is 22.4 Å². The molecule has 0 aliphatic heterocycles. The van der Waals surface area contributed by atoms with Crippen molar-refractivity contribution >= 4 is 11.3 Å². The second kappa shape index (κ2) is 6.38. The van der Waals surface area contributed by atoms with Gasteiger partial charge in [0.05, 0.1) is 6.10 Å². The van der Waals surface area contributed by atoms with Crippen molar-refractivity contribution in [3.8, 4) is 0 Å². The Morgan fingerprint density at radius 3 is 3.00 bits per heavy atom. The highest BCUT2D eigenvalue weighted by atomic mass is 32.1. The highest BCUT2D eigenvalue weighted by Crippen LogP contribution is 2.18. The zero-order valence-electron chi connectivity index (χ0n) is 9.69. The smallest absolute Gasteiger partial charge is 0.0693 e. The van der Waals surface area contributed by atoms with E-state index in [0.717, 1.165) is 25.8 Å². The van der Waals surface area contributed by atoms with Crippen molar-refractivity contribution in [2.24, 2.45) is 0 Å². The van der Waals surface area contributed by atoms with Gasteiger partial charge in [0.2, 0.25) is 0 Å². The lowest BCUT2D eigenvalue weighted by Crippen LogP contribution is -2.40. The first-order chi connectivity index (χ1) is 7.86. The van der Waals surface area contributed by atoms with Crippen LogP contribution in [0.3, 0.4) is 0 Å². The minimum atomic E-state index is -0.133. The highest BCUT2D eigenvalue weighted by molar-refractivity contribution is 7.09. The maximum absolute atomic E-state index is 9.95. The maximum Gasteiger partial charge on any atom is 0.0693 e. The largest absolute Gasteiger partial charge is 0.392 e. The summed E-state index contributed by atoms with van der Waals surface area (Å²) in [5.74, 6) is 0. The lowest BCUT2D eigenvalue weighted by molar-refractivity contribution is 0.120. The molecule has 0 radical (unpaired) electrons. The summed E-state index contributed by atoms with van der Waals surface area (Å²) in [6.07, 6.45) is 6.77. The number of aliphatic hydroxyl groups excluding tert-OH is 1. The highest BCUT2D eigenvalue weighted by Gasteiger charge is 2.20. The van der Waals surface area contributed by atoms with Crippen molar-refractivity contribution in [1.29, 1.82) is 0 Å². The van der Waals surface area contributed by atoms with Gasteiger partial charge < -0.3 is 10.4 Å². The van der Waals surface area contributed by atoms with Gasteiger partial charge >= 0.3 is 0 Å². The Bertz CT molecular complexity index is 286. The van der Waals surface area contributed by atoms with Gasteiger partial charge in [-0.1, -0.05) is 25.3 Å². The molecule has 1 heterocycles. The minimum absolute atomic E-state index is 0.133. The molecule has 2 atom stereocenters. The van der Waals surface area contributed by atoms with E-state index in [4.69, 9.17) is 0 Å². The molecule has 1 aliphatic rings. The Labute approximate surface area is 102 Å². The average Bonchev–Trinajstić information content (AvgIpc) is 2.71. The van der Waals surface area contributed by atoms with Gasteiger partial charge in [-0.3, -0.25) is 0 Å². The summed E-state index contributed by atoms with van der Waals surface area (Å²) in [6, 6.07) is 4.60. The number of nitrogens with one attached hydrogen (secondary N) is 1. The fourth-order valence-corrected chi connectivity index (χ4v) is 3.07. The van der Waals surface area contributed by atoms with Crippen LogP contribution in [0.5, 0.6) is 0 Å². The van der Waals surface area contributed by atoms with Gasteiger partial charge in [0, 0.05) is 17.5 Å². The number of rotatable bonds is 4. The van der Waals surface area contributed by atoms with E-state index in [1.165, 1.54) is 24.1 Å². The fraction of sp³-hybridized carbons (Fsp3) is 0.692. The van der Waals surface area contributed by atoms with Crippen LogP contribution in [-0.2, 0) is 6.42 Å². The molecule has 0 amide bonds. The fourth-order valence-electron chi connectivity index (χ4n) is 2.36. The van der Waals surface area contributed by atoms with E-state index in [0.29, 0.717) is 6.04 Å². The summed E-state index contributed by atoms with van der Waals surface area (Å²) in [4.78, 5) is 1.43. The molecule has 2 N–H and O–H groups in total. The summed E-state index contributed by atoms with van der Waals surface area (Å²) in [7, 11) is 0. The minimum Gasteiger partial charge on any atom is -0.392 e. The molecule has 16 heavy (non-hydrogen) atoms. The topological polar surface area (TPSA) is 32.3 Å². The Morgan fingerprint density at radius 1 is 1.31 bits per heavy atom. The normalized spacial score (nSPS) is 26.6. The molecule has 0 spiro atoms. The molecule has 0 aromatic carbocycles. The zero-order chi connectivity index (χ0) is 11.2. The summed E-state index contributed by atoms with van der Waals surface area (Å²) in [5.41, 5.74) is 0. The van der Waals surface area contributed by atoms with Crippen molar-refractivity contribution in [2.75, 3.05) is 6.54 Å². The average molecular weight is 239 g/mol. The molecule has 0 saturated heterocycles. The first-order valence-corrected chi connectivity index (χ1v) is 7.18. The van der Waals surface area contributed by atoms with Crippen LogP contribution in [-0.4, -0.2) is 23.8 Å². The van der Waals surface area contributed by atoms with Gasteiger partial charge in [0.15, 0.2) is 0 Å². The Balaban J connectivity index is 1.71. The van der Waals surface area contributed by atoms with Crippen LogP contribution in [0.4, 0.5) is 0 Å².